The van der Waals surface area contributed by atoms with Crippen LogP contribution in [0.3, 0.4) is 0 Å². The molecule has 0 spiro atoms. The first-order valence-electron chi connectivity index (χ1n) is 9.86. The molecule has 0 heterocycles. The molecule has 33 heavy (non-hydrogen) atoms. The molecule has 11 heteroatoms. The summed E-state index contributed by atoms with van der Waals surface area (Å²) in [5.74, 6) is -1.26. The summed E-state index contributed by atoms with van der Waals surface area (Å²) in [7, 11) is -1.09. The Hall–Kier alpha value is -3.60. The number of esters is 1. The summed E-state index contributed by atoms with van der Waals surface area (Å²) in [5, 5.41) is 4.59. The Morgan fingerprint density at radius 2 is 1.61 bits per heavy atom. The number of imide groups is 1. The molecule has 0 radical (unpaired) electrons. The molecule has 0 unspecified atom stereocenters. The number of para-hydroxylation sites is 2. The average Bonchev–Trinajstić information content (AvgIpc) is 2.75. The number of ether oxygens (including phenoxy) is 2. The van der Waals surface area contributed by atoms with E-state index in [9.17, 15) is 22.8 Å². The summed E-state index contributed by atoms with van der Waals surface area (Å²) in [6.45, 7) is 4.56. The van der Waals surface area contributed by atoms with E-state index >= 15 is 0 Å². The van der Waals surface area contributed by atoms with Crippen molar-refractivity contribution in [3.63, 3.8) is 0 Å². The number of methoxy groups -OCH3 is 1. The Bertz CT molecular complexity index is 1120. The highest BCUT2D eigenvalue weighted by molar-refractivity contribution is 7.92. The van der Waals surface area contributed by atoms with Gasteiger partial charge in [-0.1, -0.05) is 12.1 Å². The van der Waals surface area contributed by atoms with Gasteiger partial charge >= 0.3 is 12.0 Å². The normalized spacial score (nSPS) is 11.3. The van der Waals surface area contributed by atoms with Crippen molar-refractivity contribution in [2.24, 2.45) is 0 Å². The molecule has 0 aliphatic rings. The highest BCUT2D eigenvalue weighted by atomic mass is 32.2. The van der Waals surface area contributed by atoms with E-state index in [1.165, 1.54) is 38.4 Å². The first kappa shape index (κ1) is 25.7. The smallest absolute Gasteiger partial charge is 0.338 e. The molecule has 0 aromatic heterocycles. The summed E-state index contributed by atoms with van der Waals surface area (Å²) < 4.78 is 37.1. The van der Waals surface area contributed by atoms with E-state index in [1.807, 2.05) is 5.32 Å². The van der Waals surface area contributed by atoms with Gasteiger partial charge in [-0.3, -0.25) is 14.4 Å². The molecule has 0 saturated carbocycles. The third-order valence-electron chi connectivity index (χ3n) is 4.25. The molecule has 0 bridgehead atoms. The van der Waals surface area contributed by atoms with Crippen LogP contribution in [0.15, 0.2) is 53.4 Å². The van der Waals surface area contributed by atoms with Gasteiger partial charge in [-0.15, -0.1) is 0 Å². The highest BCUT2D eigenvalue weighted by Gasteiger charge is 2.24. The zero-order chi connectivity index (χ0) is 24.8. The molecule has 0 fully saturated rings. The summed E-state index contributed by atoms with van der Waals surface area (Å²) >= 11 is 0. The minimum atomic E-state index is -3.93. The second-order valence-electron chi connectivity index (χ2n) is 8.00. The Labute approximate surface area is 192 Å². The van der Waals surface area contributed by atoms with E-state index in [1.54, 1.807) is 45.0 Å². The second kappa shape index (κ2) is 10.3. The number of urea groups is 1. The van der Waals surface area contributed by atoms with E-state index in [0.717, 1.165) is 4.31 Å². The largest absolute Gasteiger partial charge is 0.495 e. The molecule has 0 saturated heterocycles. The monoisotopic (exact) mass is 477 g/mol. The van der Waals surface area contributed by atoms with E-state index in [4.69, 9.17) is 9.47 Å². The van der Waals surface area contributed by atoms with Gasteiger partial charge in [-0.05, 0) is 57.2 Å². The standard InChI is InChI=1S/C22H27N3O7S/c1-22(2,3)24-21(28)23-19(26)14-32-20(27)15-10-12-16(13-11-15)33(29,30)25(4)17-8-6-7-9-18(17)31-5/h6-13H,14H2,1-5H3,(H2,23,24,26,28). The number of hydrogen-bond donors (Lipinski definition) is 2. The lowest BCUT2D eigenvalue weighted by atomic mass is 10.1. The van der Waals surface area contributed by atoms with E-state index in [2.05, 4.69) is 5.32 Å². The minimum Gasteiger partial charge on any atom is -0.495 e. The first-order valence-corrected chi connectivity index (χ1v) is 11.3. The van der Waals surface area contributed by atoms with Gasteiger partial charge < -0.3 is 14.8 Å². The Morgan fingerprint density at radius 3 is 2.18 bits per heavy atom. The lowest BCUT2D eigenvalue weighted by Crippen LogP contribution is -2.49. The van der Waals surface area contributed by atoms with Crippen LogP contribution < -0.4 is 19.7 Å². The van der Waals surface area contributed by atoms with Crippen LogP contribution >= 0.6 is 0 Å². The number of benzene rings is 2. The fourth-order valence-electron chi connectivity index (χ4n) is 2.69. The molecular formula is C22H27N3O7S. The number of anilines is 1. The maximum absolute atomic E-state index is 13.0. The van der Waals surface area contributed by atoms with E-state index in [-0.39, 0.29) is 10.5 Å². The molecule has 2 aromatic carbocycles. The first-order chi connectivity index (χ1) is 15.3. The highest BCUT2D eigenvalue weighted by Crippen LogP contribution is 2.30. The Balaban J connectivity index is 2.03. The van der Waals surface area contributed by atoms with E-state index < -0.39 is 40.1 Å². The van der Waals surface area contributed by atoms with Crippen molar-refractivity contribution in [3.8, 4) is 5.75 Å². The zero-order valence-electron chi connectivity index (χ0n) is 19.0. The fraction of sp³-hybridized carbons (Fsp3) is 0.318. The van der Waals surface area contributed by atoms with Crippen molar-refractivity contribution in [2.75, 3.05) is 25.1 Å². The summed E-state index contributed by atoms with van der Waals surface area (Å²) in [5.41, 5.74) is -0.145. The molecule has 0 aliphatic heterocycles. The quantitative estimate of drug-likeness (QED) is 0.585. The summed E-state index contributed by atoms with van der Waals surface area (Å²) in [6.07, 6.45) is 0. The molecule has 2 N–H and O–H groups in total. The van der Waals surface area contributed by atoms with Gasteiger partial charge in [0, 0.05) is 12.6 Å². The lowest BCUT2D eigenvalue weighted by molar-refractivity contribution is -0.123. The number of carbonyl (C=O) groups is 3. The number of amides is 3. The molecule has 3 amide bonds. The van der Waals surface area contributed by atoms with Crippen molar-refractivity contribution in [1.82, 2.24) is 10.6 Å². The lowest BCUT2D eigenvalue weighted by Gasteiger charge is -2.21. The molecule has 10 nitrogen and oxygen atoms in total. The number of nitrogens with zero attached hydrogens (tertiary/aromatic N) is 1. The van der Waals surface area contributed by atoms with Crippen LogP contribution in [0.25, 0.3) is 0 Å². The molecule has 0 aliphatic carbocycles. The second-order valence-corrected chi connectivity index (χ2v) is 9.97. The van der Waals surface area contributed by atoms with Crippen molar-refractivity contribution in [1.29, 1.82) is 0 Å². The Kier molecular flexibility index (Phi) is 8.04. The van der Waals surface area contributed by atoms with Gasteiger partial charge in [0.25, 0.3) is 15.9 Å². The van der Waals surface area contributed by atoms with E-state index in [0.29, 0.717) is 11.4 Å². The van der Waals surface area contributed by atoms with Crippen molar-refractivity contribution in [3.05, 3.63) is 54.1 Å². The number of sulfonamides is 1. The van der Waals surface area contributed by atoms with Gasteiger partial charge in [0.05, 0.1) is 23.3 Å². The summed E-state index contributed by atoms with van der Waals surface area (Å²) in [6, 6.07) is 11.0. The number of rotatable bonds is 7. The zero-order valence-corrected chi connectivity index (χ0v) is 19.9. The number of hydrogen-bond acceptors (Lipinski definition) is 7. The maximum atomic E-state index is 13.0. The van der Waals surface area contributed by atoms with Crippen molar-refractivity contribution in [2.45, 2.75) is 31.2 Å². The SMILES string of the molecule is COc1ccccc1N(C)S(=O)(=O)c1ccc(C(=O)OCC(=O)NC(=O)NC(C)(C)C)cc1. The van der Waals surface area contributed by atoms with Gasteiger partial charge in [0.1, 0.15) is 5.75 Å². The predicted molar refractivity (Wildman–Crippen MR) is 122 cm³/mol. The number of nitrogens with one attached hydrogen (secondary N) is 2. The summed E-state index contributed by atoms with van der Waals surface area (Å²) in [4.78, 5) is 35.6. The third kappa shape index (κ3) is 6.94. The van der Waals surface area contributed by atoms with Crippen LogP contribution in [0.2, 0.25) is 0 Å². The minimum absolute atomic E-state index is 0.0424. The van der Waals surface area contributed by atoms with Gasteiger partial charge in [0.2, 0.25) is 0 Å². The fourth-order valence-corrected chi connectivity index (χ4v) is 3.90. The molecule has 178 valence electrons. The topological polar surface area (TPSA) is 131 Å². The molecule has 2 rings (SSSR count). The van der Waals surface area contributed by atoms with Crippen LogP contribution in [0.1, 0.15) is 31.1 Å². The number of carbonyl (C=O) groups excluding carboxylic acids is 3. The molecular weight excluding hydrogens is 450 g/mol. The van der Waals surface area contributed by atoms with Gasteiger partial charge in [-0.2, -0.15) is 0 Å². The van der Waals surface area contributed by atoms with Crippen molar-refractivity contribution < 1.29 is 32.3 Å². The van der Waals surface area contributed by atoms with Crippen LogP contribution in [0.4, 0.5) is 10.5 Å². The Morgan fingerprint density at radius 1 is 1.00 bits per heavy atom. The van der Waals surface area contributed by atoms with Gasteiger partial charge in [0.15, 0.2) is 6.61 Å². The van der Waals surface area contributed by atoms with Crippen molar-refractivity contribution >= 4 is 33.6 Å². The van der Waals surface area contributed by atoms with Crippen LogP contribution in [-0.2, 0) is 19.6 Å². The van der Waals surface area contributed by atoms with Crippen LogP contribution in [-0.4, -0.2) is 52.6 Å². The molecule has 2 aromatic rings. The molecule has 0 atom stereocenters. The predicted octanol–water partition coefficient (Wildman–Crippen LogP) is 2.30. The maximum Gasteiger partial charge on any atom is 0.338 e. The third-order valence-corrected chi connectivity index (χ3v) is 6.03. The van der Waals surface area contributed by atoms with Crippen LogP contribution in [0, 0.1) is 0 Å². The van der Waals surface area contributed by atoms with Gasteiger partial charge in [-0.25, -0.2) is 18.0 Å². The van der Waals surface area contributed by atoms with Crippen LogP contribution in [0.5, 0.6) is 5.75 Å². The average molecular weight is 478 g/mol.